The van der Waals surface area contributed by atoms with E-state index in [-0.39, 0.29) is 17.2 Å². The molecular formula is C14H10F3NO2. The summed E-state index contributed by atoms with van der Waals surface area (Å²) in [6.45, 7) is 0. The van der Waals surface area contributed by atoms with E-state index in [9.17, 15) is 18.0 Å². The average Bonchev–Trinajstić information content (AvgIpc) is 3.13. The van der Waals surface area contributed by atoms with E-state index in [1.807, 2.05) is 0 Å². The van der Waals surface area contributed by atoms with Gasteiger partial charge >= 0.3 is 12.1 Å². The highest BCUT2D eigenvalue weighted by atomic mass is 19.4. The van der Waals surface area contributed by atoms with Crippen LogP contribution >= 0.6 is 0 Å². The Labute approximate surface area is 112 Å². The minimum absolute atomic E-state index is 0.0759. The lowest BCUT2D eigenvalue weighted by atomic mass is 10.1. The molecule has 0 radical (unpaired) electrons. The van der Waals surface area contributed by atoms with E-state index >= 15 is 0 Å². The summed E-state index contributed by atoms with van der Waals surface area (Å²) in [5, 5.41) is 0. The zero-order chi connectivity index (χ0) is 14.3. The molecule has 1 aromatic carbocycles. The maximum absolute atomic E-state index is 12.6. The molecule has 1 aliphatic heterocycles. The number of benzene rings is 1. The van der Waals surface area contributed by atoms with Gasteiger partial charge in [-0.1, -0.05) is 6.07 Å². The smallest absolute Gasteiger partial charge is 0.402 e. The Hall–Kier alpha value is -2.11. The molecule has 104 valence electrons. The van der Waals surface area contributed by atoms with Gasteiger partial charge in [0.2, 0.25) is 5.90 Å². The molecule has 1 aliphatic carbocycles. The highest BCUT2D eigenvalue weighted by Gasteiger charge is 2.32. The van der Waals surface area contributed by atoms with E-state index < -0.39 is 17.7 Å². The van der Waals surface area contributed by atoms with Crippen molar-refractivity contribution in [3.05, 3.63) is 47.2 Å². The van der Waals surface area contributed by atoms with Crippen molar-refractivity contribution in [3.63, 3.8) is 0 Å². The van der Waals surface area contributed by atoms with Gasteiger partial charge in [-0.3, -0.25) is 0 Å². The van der Waals surface area contributed by atoms with Gasteiger partial charge in [-0.25, -0.2) is 9.79 Å². The van der Waals surface area contributed by atoms with Crippen molar-refractivity contribution in [3.8, 4) is 0 Å². The summed E-state index contributed by atoms with van der Waals surface area (Å²) in [6, 6.07) is 4.58. The summed E-state index contributed by atoms with van der Waals surface area (Å²) in [4.78, 5) is 15.6. The molecule has 0 unspecified atom stereocenters. The number of esters is 1. The van der Waals surface area contributed by atoms with Crippen molar-refractivity contribution < 1.29 is 22.7 Å². The highest BCUT2D eigenvalue weighted by molar-refractivity contribution is 6.11. The van der Waals surface area contributed by atoms with Crippen molar-refractivity contribution in [1.82, 2.24) is 0 Å². The largest absolute Gasteiger partial charge is 0.416 e. The third-order valence-electron chi connectivity index (χ3n) is 3.07. The Kier molecular flexibility index (Phi) is 2.88. The van der Waals surface area contributed by atoms with E-state index in [2.05, 4.69) is 4.99 Å². The van der Waals surface area contributed by atoms with Crippen molar-refractivity contribution in [1.29, 1.82) is 0 Å². The first-order valence-corrected chi connectivity index (χ1v) is 6.14. The lowest BCUT2D eigenvalue weighted by Gasteiger charge is -2.07. The van der Waals surface area contributed by atoms with E-state index in [0.29, 0.717) is 5.92 Å². The van der Waals surface area contributed by atoms with Gasteiger partial charge < -0.3 is 4.74 Å². The Balaban J connectivity index is 1.92. The van der Waals surface area contributed by atoms with E-state index in [1.165, 1.54) is 12.1 Å². The number of ether oxygens (including phenoxy) is 1. The summed E-state index contributed by atoms with van der Waals surface area (Å²) in [7, 11) is 0. The second kappa shape index (κ2) is 4.47. The lowest BCUT2D eigenvalue weighted by molar-refractivity contribution is -0.137. The van der Waals surface area contributed by atoms with Gasteiger partial charge in [0, 0.05) is 5.56 Å². The summed E-state index contributed by atoms with van der Waals surface area (Å²) in [5.41, 5.74) is -0.472. The Morgan fingerprint density at radius 2 is 2.05 bits per heavy atom. The van der Waals surface area contributed by atoms with Crippen LogP contribution in [0.2, 0.25) is 0 Å². The fraction of sp³-hybridized carbons (Fsp3) is 0.286. The van der Waals surface area contributed by atoms with Crippen LogP contribution in [-0.4, -0.2) is 11.9 Å². The maximum Gasteiger partial charge on any atom is 0.416 e. The summed E-state index contributed by atoms with van der Waals surface area (Å²) >= 11 is 0. The monoisotopic (exact) mass is 281 g/mol. The average molecular weight is 281 g/mol. The van der Waals surface area contributed by atoms with Crippen LogP contribution in [0.3, 0.4) is 0 Å². The van der Waals surface area contributed by atoms with Crippen LogP contribution in [0, 0.1) is 5.92 Å². The summed E-state index contributed by atoms with van der Waals surface area (Å²) < 4.78 is 42.8. The zero-order valence-corrected chi connectivity index (χ0v) is 10.3. The van der Waals surface area contributed by atoms with Crippen LogP contribution in [0.5, 0.6) is 0 Å². The number of aliphatic imine (C=N–C) groups is 1. The number of allylic oxidation sites excluding steroid dienone is 1. The first-order valence-electron chi connectivity index (χ1n) is 6.14. The third kappa shape index (κ3) is 2.59. The molecule has 1 heterocycles. The molecule has 20 heavy (non-hydrogen) atoms. The molecule has 2 aliphatic rings. The molecule has 0 bridgehead atoms. The molecule has 1 aromatic rings. The minimum Gasteiger partial charge on any atom is -0.402 e. The predicted molar refractivity (Wildman–Crippen MR) is 64.9 cm³/mol. The molecule has 0 amide bonds. The van der Waals surface area contributed by atoms with Gasteiger partial charge in [0.05, 0.1) is 5.56 Å². The van der Waals surface area contributed by atoms with Gasteiger partial charge in [0.15, 0.2) is 0 Å². The second-order valence-corrected chi connectivity index (χ2v) is 4.77. The van der Waals surface area contributed by atoms with E-state index in [0.717, 1.165) is 25.0 Å². The molecule has 0 aromatic heterocycles. The maximum atomic E-state index is 12.6. The van der Waals surface area contributed by atoms with Crippen molar-refractivity contribution in [2.75, 3.05) is 0 Å². The van der Waals surface area contributed by atoms with Crippen LogP contribution in [0.25, 0.3) is 0 Å². The molecule has 1 fully saturated rings. The van der Waals surface area contributed by atoms with Crippen molar-refractivity contribution >= 4 is 11.9 Å². The SMILES string of the molecule is O=C1OC(c2cccc(C(F)(F)F)c2)=N/C1=C\C1CC1. The number of hydrogen-bond donors (Lipinski definition) is 0. The fourth-order valence-electron chi connectivity index (χ4n) is 1.86. The van der Waals surface area contributed by atoms with Crippen LogP contribution in [0.15, 0.2) is 41.0 Å². The number of alkyl halides is 3. The van der Waals surface area contributed by atoms with Crippen LogP contribution in [0.1, 0.15) is 24.0 Å². The van der Waals surface area contributed by atoms with Gasteiger partial charge in [0.1, 0.15) is 5.70 Å². The molecule has 0 N–H and O–H groups in total. The molecule has 1 saturated carbocycles. The molecule has 0 saturated heterocycles. The molecule has 3 nitrogen and oxygen atoms in total. The van der Waals surface area contributed by atoms with E-state index in [4.69, 9.17) is 4.74 Å². The number of halogens is 3. The quantitative estimate of drug-likeness (QED) is 0.616. The van der Waals surface area contributed by atoms with Gasteiger partial charge in [-0.15, -0.1) is 0 Å². The number of nitrogens with zero attached hydrogens (tertiary/aromatic N) is 1. The standard InChI is InChI=1S/C14H10F3NO2/c15-14(16,17)10-3-1-2-9(7-10)12-18-11(13(19)20-12)6-8-4-5-8/h1-3,6-8H,4-5H2/b11-6-. The van der Waals surface area contributed by atoms with Crippen LogP contribution in [-0.2, 0) is 15.7 Å². The van der Waals surface area contributed by atoms with Crippen LogP contribution < -0.4 is 0 Å². The van der Waals surface area contributed by atoms with Crippen molar-refractivity contribution in [2.45, 2.75) is 19.0 Å². The third-order valence-corrected chi connectivity index (χ3v) is 3.07. The second-order valence-electron chi connectivity index (χ2n) is 4.77. The topological polar surface area (TPSA) is 38.7 Å². The Morgan fingerprint density at radius 3 is 2.70 bits per heavy atom. The predicted octanol–water partition coefficient (Wildman–Crippen LogP) is 3.30. The van der Waals surface area contributed by atoms with Crippen molar-refractivity contribution in [2.24, 2.45) is 10.9 Å². The summed E-state index contributed by atoms with van der Waals surface area (Å²) in [5.74, 6) is -0.348. The first-order chi connectivity index (χ1) is 9.43. The fourth-order valence-corrected chi connectivity index (χ4v) is 1.86. The summed E-state index contributed by atoms with van der Waals surface area (Å²) in [6.07, 6.45) is -0.717. The lowest BCUT2D eigenvalue weighted by Crippen LogP contribution is -2.09. The minimum atomic E-state index is -4.44. The van der Waals surface area contributed by atoms with Gasteiger partial charge in [-0.05, 0) is 43.0 Å². The number of hydrogen-bond acceptors (Lipinski definition) is 3. The van der Waals surface area contributed by atoms with Gasteiger partial charge in [-0.2, -0.15) is 13.2 Å². The number of cyclic esters (lactones) is 1. The normalized spacial score (nSPS) is 21.1. The molecule has 0 atom stereocenters. The van der Waals surface area contributed by atoms with E-state index in [1.54, 1.807) is 6.08 Å². The number of carbonyl (C=O) groups excluding carboxylic acids is 1. The molecule has 6 heteroatoms. The number of rotatable bonds is 2. The number of carbonyl (C=O) groups is 1. The highest BCUT2D eigenvalue weighted by Crippen LogP contribution is 2.33. The molecular weight excluding hydrogens is 271 g/mol. The van der Waals surface area contributed by atoms with Gasteiger partial charge in [0.25, 0.3) is 0 Å². The molecule has 0 spiro atoms. The van der Waals surface area contributed by atoms with Crippen LogP contribution in [0.4, 0.5) is 13.2 Å². The zero-order valence-electron chi connectivity index (χ0n) is 10.3. The molecule has 3 rings (SSSR count). The Bertz CT molecular complexity index is 628. The first kappa shape index (κ1) is 12.9. The Morgan fingerprint density at radius 1 is 1.30 bits per heavy atom.